The van der Waals surface area contributed by atoms with Gasteiger partial charge in [0.1, 0.15) is 0 Å². The maximum Gasteiger partial charge on any atom is 0.320 e. The molecule has 112 valence electrons. The SMILES string of the molecule is O=C(O)C1C([n+]2ccccc2)C(C(=O)O)C1[n+]1ccccc1. The number of carboxylic acids is 2. The van der Waals surface area contributed by atoms with Crippen molar-refractivity contribution >= 4 is 11.9 Å². The third-order valence-electron chi connectivity index (χ3n) is 4.21. The molecule has 2 aromatic heterocycles. The molecule has 0 amide bonds. The minimum atomic E-state index is -0.986. The molecule has 0 spiro atoms. The van der Waals surface area contributed by atoms with Crippen molar-refractivity contribution in [3.8, 4) is 0 Å². The van der Waals surface area contributed by atoms with E-state index in [1.54, 1.807) is 58.2 Å². The highest BCUT2D eigenvalue weighted by Gasteiger charge is 2.68. The fraction of sp³-hybridized carbons (Fsp3) is 0.250. The molecule has 0 unspecified atom stereocenters. The Bertz CT molecular complexity index is 620. The monoisotopic (exact) mass is 300 g/mol. The molecule has 0 radical (unpaired) electrons. The summed E-state index contributed by atoms with van der Waals surface area (Å²) in [6.07, 6.45) is 6.84. The number of hydrogen-bond donors (Lipinski definition) is 2. The van der Waals surface area contributed by atoms with Crippen molar-refractivity contribution in [2.45, 2.75) is 12.1 Å². The van der Waals surface area contributed by atoms with Crippen LogP contribution in [0.4, 0.5) is 0 Å². The second-order valence-corrected chi connectivity index (χ2v) is 5.35. The van der Waals surface area contributed by atoms with Crippen molar-refractivity contribution in [2.24, 2.45) is 11.8 Å². The fourth-order valence-electron chi connectivity index (χ4n) is 3.25. The normalized spacial score (nSPS) is 26.9. The van der Waals surface area contributed by atoms with Crippen molar-refractivity contribution in [1.29, 1.82) is 0 Å². The van der Waals surface area contributed by atoms with Crippen molar-refractivity contribution in [3.63, 3.8) is 0 Å². The zero-order valence-electron chi connectivity index (χ0n) is 11.7. The molecule has 6 heteroatoms. The summed E-state index contributed by atoms with van der Waals surface area (Å²) < 4.78 is 3.36. The minimum Gasteiger partial charge on any atom is -0.481 e. The topological polar surface area (TPSA) is 82.4 Å². The van der Waals surface area contributed by atoms with Gasteiger partial charge in [0.15, 0.2) is 48.7 Å². The van der Waals surface area contributed by atoms with Gasteiger partial charge in [0.2, 0.25) is 0 Å². The molecule has 1 saturated carbocycles. The molecule has 1 aliphatic carbocycles. The first-order valence-electron chi connectivity index (χ1n) is 6.98. The van der Waals surface area contributed by atoms with E-state index < -0.39 is 35.9 Å². The molecule has 3 rings (SSSR count). The van der Waals surface area contributed by atoms with Crippen LogP contribution in [0.15, 0.2) is 61.2 Å². The van der Waals surface area contributed by atoms with Gasteiger partial charge in [-0.2, -0.15) is 0 Å². The summed E-state index contributed by atoms with van der Waals surface area (Å²) in [7, 11) is 0. The van der Waals surface area contributed by atoms with Crippen LogP contribution in [0.5, 0.6) is 0 Å². The Morgan fingerprint density at radius 3 is 1.23 bits per heavy atom. The predicted octanol–water partition coefficient (Wildman–Crippen LogP) is 0.459. The van der Waals surface area contributed by atoms with E-state index in [9.17, 15) is 19.8 Å². The first-order chi connectivity index (χ1) is 10.6. The summed E-state index contributed by atoms with van der Waals surface area (Å²) in [5.41, 5.74) is 0. The minimum absolute atomic E-state index is 0.603. The number of aromatic nitrogens is 2. The maximum atomic E-state index is 11.7. The third kappa shape index (κ3) is 2.22. The lowest BCUT2D eigenvalue weighted by atomic mass is 9.64. The van der Waals surface area contributed by atoms with Crippen molar-refractivity contribution in [3.05, 3.63) is 61.2 Å². The molecule has 2 aromatic rings. The maximum absolute atomic E-state index is 11.7. The summed E-state index contributed by atoms with van der Waals surface area (Å²) >= 11 is 0. The standard InChI is InChI=1S/C16H14N2O4/c19-15(20)11-13(17-7-3-1-4-8-17)12(16(21)22)14(11)18-9-5-2-6-10-18/h1-14H/p+2. The molecule has 22 heavy (non-hydrogen) atoms. The van der Waals surface area contributed by atoms with Crippen LogP contribution in [-0.4, -0.2) is 22.2 Å². The molecule has 0 bridgehead atoms. The molecule has 0 atom stereocenters. The zero-order chi connectivity index (χ0) is 15.7. The van der Waals surface area contributed by atoms with E-state index in [1.165, 1.54) is 0 Å². The van der Waals surface area contributed by atoms with Gasteiger partial charge in [-0.05, 0) is 0 Å². The Labute approximate surface area is 126 Å². The Morgan fingerprint density at radius 2 is 0.955 bits per heavy atom. The van der Waals surface area contributed by atoms with Gasteiger partial charge in [0, 0.05) is 24.3 Å². The number of rotatable bonds is 4. The summed E-state index contributed by atoms with van der Waals surface area (Å²) in [6.45, 7) is 0. The summed E-state index contributed by atoms with van der Waals surface area (Å²) in [5, 5.41) is 19.2. The van der Waals surface area contributed by atoms with Crippen LogP contribution in [0, 0.1) is 11.8 Å². The van der Waals surface area contributed by atoms with E-state index in [2.05, 4.69) is 0 Å². The Hall–Kier alpha value is -2.76. The predicted molar refractivity (Wildman–Crippen MR) is 73.6 cm³/mol. The fourth-order valence-corrected chi connectivity index (χ4v) is 3.25. The zero-order valence-corrected chi connectivity index (χ0v) is 11.7. The molecular weight excluding hydrogens is 284 g/mol. The molecule has 0 saturated heterocycles. The lowest BCUT2D eigenvalue weighted by Crippen LogP contribution is -2.69. The van der Waals surface area contributed by atoms with Crippen LogP contribution in [0.25, 0.3) is 0 Å². The molecule has 2 N–H and O–H groups in total. The van der Waals surface area contributed by atoms with Crippen molar-refractivity contribution in [1.82, 2.24) is 0 Å². The number of pyridine rings is 2. The van der Waals surface area contributed by atoms with Crippen LogP contribution in [0.2, 0.25) is 0 Å². The highest BCUT2D eigenvalue weighted by Crippen LogP contribution is 2.47. The van der Waals surface area contributed by atoms with Gasteiger partial charge in [-0.25, -0.2) is 9.13 Å². The van der Waals surface area contributed by atoms with E-state index in [0.29, 0.717) is 0 Å². The highest BCUT2D eigenvalue weighted by atomic mass is 16.4. The molecule has 6 nitrogen and oxygen atoms in total. The average Bonchev–Trinajstić information content (AvgIpc) is 2.47. The van der Waals surface area contributed by atoms with Crippen LogP contribution in [0.1, 0.15) is 12.1 Å². The van der Waals surface area contributed by atoms with E-state index in [4.69, 9.17) is 0 Å². The number of nitrogens with zero attached hydrogens (tertiary/aromatic N) is 2. The smallest absolute Gasteiger partial charge is 0.320 e. The van der Waals surface area contributed by atoms with E-state index in [-0.39, 0.29) is 0 Å². The number of carboxylic acid groups (broad SMARTS) is 2. The highest BCUT2D eigenvalue weighted by molar-refractivity contribution is 5.79. The lowest BCUT2D eigenvalue weighted by molar-refractivity contribution is -0.814. The van der Waals surface area contributed by atoms with Crippen molar-refractivity contribution in [2.75, 3.05) is 0 Å². The molecule has 0 aliphatic heterocycles. The lowest BCUT2D eigenvalue weighted by Gasteiger charge is -2.38. The third-order valence-corrected chi connectivity index (χ3v) is 4.21. The number of aliphatic carboxylic acids is 2. The Balaban J connectivity index is 2.04. The molecule has 0 aromatic carbocycles. The summed E-state index contributed by atoms with van der Waals surface area (Å²) in [4.78, 5) is 23.4. The van der Waals surface area contributed by atoms with E-state index >= 15 is 0 Å². The van der Waals surface area contributed by atoms with Gasteiger partial charge < -0.3 is 10.2 Å². The second-order valence-electron chi connectivity index (χ2n) is 5.35. The van der Waals surface area contributed by atoms with Gasteiger partial charge in [-0.15, -0.1) is 0 Å². The Morgan fingerprint density at radius 1 is 0.636 bits per heavy atom. The van der Waals surface area contributed by atoms with Gasteiger partial charge >= 0.3 is 11.9 Å². The molecule has 1 aliphatic rings. The summed E-state index contributed by atoms with van der Waals surface area (Å²) in [6, 6.07) is 9.47. The van der Waals surface area contributed by atoms with Gasteiger partial charge in [0.05, 0.1) is 0 Å². The van der Waals surface area contributed by atoms with Crippen LogP contribution in [-0.2, 0) is 9.59 Å². The quantitative estimate of drug-likeness (QED) is 0.804. The largest absolute Gasteiger partial charge is 0.481 e. The first-order valence-corrected chi connectivity index (χ1v) is 6.98. The average molecular weight is 300 g/mol. The number of hydrogen-bond acceptors (Lipinski definition) is 2. The van der Waals surface area contributed by atoms with Gasteiger partial charge in [-0.3, -0.25) is 9.59 Å². The van der Waals surface area contributed by atoms with E-state index in [0.717, 1.165) is 0 Å². The van der Waals surface area contributed by atoms with Crippen molar-refractivity contribution < 1.29 is 28.9 Å². The molecule has 2 heterocycles. The molecule has 1 fully saturated rings. The van der Waals surface area contributed by atoms with Gasteiger partial charge in [0.25, 0.3) is 0 Å². The number of carbonyl (C=O) groups is 2. The van der Waals surface area contributed by atoms with Crippen LogP contribution >= 0.6 is 0 Å². The van der Waals surface area contributed by atoms with E-state index in [1.807, 2.05) is 12.1 Å². The first kappa shape index (κ1) is 14.2. The summed E-state index contributed by atoms with van der Waals surface area (Å²) in [5.74, 6) is -3.55. The van der Waals surface area contributed by atoms with Crippen LogP contribution < -0.4 is 9.13 Å². The van der Waals surface area contributed by atoms with Crippen LogP contribution in [0.3, 0.4) is 0 Å². The Kier molecular flexibility index (Phi) is 3.58. The second kappa shape index (κ2) is 5.55. The van der Waals surface area contributed by atoms with Gasteiger partial charge in [-0.1, -0.05) is 12.1 Å². The molecular formula is C16H16N2O4+2.